The molecular formula is C20H20F2N8O. The van der Waals surface area contributed by atoms with Gasteiger partial charge < -0.3 is 4.74 Å². The molecule has 0 bridgehead atoms. The SMILES string of the molecule is Cc1nnn(-c2ccc(C(F)F)cn2)c1COc1ccc(N2N=CC=CCC2C)nn1. The Labute approximate surface area is 177 Å². The van der Waals surface area contributed by atoms with Gasteiger partial charge in [-0.2, -0.15) is 9.78 Å². The molecule has 160 valence electrons. The van der Waals surface area contributed by atoms with Crippen molar-refractivity contribution in [2.75, 3.05) is 5.01 Å². The van der Waals surface area contributed by atoms with E-state index in [1.54, 1.807) is 30.3 Å². The van der Waals surface area contributed by atoms with Crippen molar-refractivity contribution in [2.45, 2.75) is 39.3 Å². The second kappa shape index (κ2) is 8.94. The Morgan fingerprint density at radius 2 is 1.97 bits per heavy atom. The van der Waals surface area contributed by atoms with Crippen molar-refractivity contribution in [3.05, 3.63) is 59.6 Å². The maximum absolute atomic E-state index is 12.8. The fraction of sp³-hybridized carbons (Fsp3) is 0.300. The van der Waals surface area contributed by atoms with Crippen molar-refractivity contribution in [1.82, 2.24) is 30.2 Å². The van der Waals surface area contributed by atoms with Gasteiger partial charge in [0.05, 0.1) is 11.7 Å². The van der Waals surface area contributed by atoms with Gasteiger partial charge in [0.2, 0.25) is 5.88 Å². The Bertz CT molecular complexity index is 1080. The Morgan fingerprint density at radius 3 is 2.68 bits per heavy atom. The van der Waals surface area contributed by atoms with Crippen LogP contribution in [-0.2, 0) is 6.61 Å². The van der Waals surface area contributed by atoms with Crippen LogP contribution in [0.5, 0.6) is 5.88 Å². The molecule has 1 aliphatic heterocycles. The summed E-state index contributed by atoms with van der Waals surface area (Å²) in [6, 6.07) is 6.42. The van der Waals surface area contributed by atoms with E-state index in [1.807, 2.05) is 6.08 Å². The summed E-state index contributed by atoms with van der Waals surface area (Å²) >= 11 is 0. The van der Waals surface area contributed by atoms with Gasteiger partial charge in [-0.25, -0.2) is 18.8 Å². The Hall–Kier alpha value is -3.76. The molecule has 0 N–H and O–H groups in total. The van der Waals surface area contributed by atoms with Gasteiger partial charge >= 0.3 is 0 Å². The van der Waals surface area contributed by atoms with Crippen LogP contribution in [-0.4, -0.2) is 42.4 Å². The molecule has 11 heteroatoms. The van der Waals surface area contributed by atoms with E-state index in [1.165, 1.54) is 16.8 Å². The third-order valence-corrected chi connectivity index (χ3v) is 4.72. The van der Waals surface area contributed by atoms with Crippen molar-refractivity contribution in [3.8, 4) is 11.7 Å². The van der Waals surface area contributed by atoms with E-state index in [0.717, 1.165) is 12.6 Å². The van der Waals surface area contributed by atoms with Crippen LogP contribution in [0.4, 0.5) is 14.6 Å². The monoisotopic (exact) mass is 426 g/mol. The predicted octanol–water partition coefficient (Wildman–Crippen LogP) is 3.42. The maximum atomic E-state index is 12.8. The molecule has 1 unspecified atom stereocenters. The first-order valence-corrected chi connectivity index (χ1v) is 9.63. The van der Waals surface area contributed by atoms with Gasteiger partial charge in [0, 0.05) is 24.0 Å². The predicted molar refractivity (Wildman–Crippen MR) is 109 cm³/mol. The zero-order chi connectivity index (χ0) is 21.8. The fourth-order valence-electron chi connectivity index (χ4n) is 2.98. The summed E-state index contributed by atoms with van der Waals surface area (Å²) in [6.45, 7) is 3.93. The number of hydrogen-bond donors (Lipinski definition) is 0. The van der Waals surface area contributed by atoms with E-state index in [0.29, 0.717) is 28.9 Å². The van der Waals surface area contributed by atoms with Gasteiger partial charge in [0.15, 0.2) is 11.6 Å². The third-order valence-electron chi connectivity index (χ3n) is 4.72. The molecule has 9 nitrogen and oxygen atoms in total. The summed E-state index contributed by atoms with van der Waals surface area (Å²) in [4.78, 5) is 4.05. The van der Waals surface area contributed by atoms with Crippen molar-refractivity contribution in [2.24, 2.45) is 5.10 Å². The minimum atomic E-state index is -2.58. The molecule has 0 saturated carbocycles. The lowest BCUT2D eigenvalue weighted by Gasteiger charge is -2.22. The van der Waals surface area contributed by atoms with E-state index in [9.17, 15) is 8.78 Å². The molecule has 0 amide bonds. The van der Waals surface area contributed by atoms with Crippen LogP contribution in [0.2, 0.25) is 0 Å². The van der Waals surface area contributed by atoms with Gasteiger partial charge in [-0.05, 0) is 44.5 Å². The zero-order valence-corrected chi connectivity index (χ0v) is 16.9. The highest BCUT2D eigenvalue weighted by Crippen LogP contribution is 2.21. The number of halogens is 2. The highest BCUT2D eigenvalue weighted by Gasteiger charge is 2.17. The molecular weight excluding hydrogens is 406 g/mol. The smallest absolute Gasteiger partial charge is 0.265 e. The largest absolute Gasteiger partial charge is 0.470 e. The van der Waals surface area contributed by atoms with E-state index < -0.39 is 6.43 Å². The van der Waals surface area contributed by atoms with E-state index in [-0.39, 0.29) is 18.2 Å². The molecule has 4 rings (SSSR count). The van der Waals surface area contributed by atoms with Gasteiger partial charge in [-0.1, -0.05) is 11.3 Å². The van der Waals surface area contributed by atoms with Crippen LogP contribution in [0.3, 0.4) is 0 Å². The molecule has 0 saturated heterocycles. The van der Waals surface area contributed by atoms with Crippen LogP contribution in [0.1, 0.15) is 36.7 Å². The number of allylic oxidation sites excluding steroid dienone is 1. The molecule has 4 heterocycles. The number of nitrogens with zero attached hydrogens (tertiary/aromatic N) is 8. The summed E-state index contributed by atoms with van der Waals surface area (Å²) in [5.74, 6) is 1.30. The number of anilines is 1. The average molecular weight is 426 g/mol. The second-order valence-corrected chi connectivity index (χ2v) is 6.92. The van der Waals surface area contributed by atoms with Gasteiger partial charge in [0.1, 0.15) is 12.3 Å². The van der Waals surface area contributed by atoms with Crippen molar-refractivity contribution in [3.63, 3.8) is 0 Å². The Kier molecular flexibility index (Phi) is 5.92. The molecule has 0 aliphatic carbocycles. The number of aromatic nitrogens is 6. The summed E-state index contributed by atoms with van der Waals surface area (Å²) < 4.78 is 32.7. The van der Waals surface area contributed by atoms with Crippen molar-refractivity contribution in [1.29, 1.82) is 0 Å². The van der Waals surface area contributed by atoms with Crippen LogP contribution >= 0.6 is 0 Å². The van der Waals surface area contributed by atoms with Crippen LogP contribution in [0.25, 0.3) is 5.82 Å². The van der Waals surface area contributed by atoms with Crippen LogP contribution in [0.15, 0.2) is 47.7 Å². The van der Waals surface area contributed by atoms with E-state index in [4.69, 9.17) is 4.74 Å². The zero-order valence-electron chi connectivity index (χ0n) is 16.9. The Morgan fingerprint density at radius 1 is 1.13 bits per heavy atom. The first-order valence-electron chi connectivity index (χ1n) is 9.63. The summed E-state index contributed by atoms with van der Waals surface area (Å²) in [5.41, 5.74) is 1.09. The van der Waals surface area contributed by atoms with Crippen molar-refractivity contribution >= 4 is 12.0 Å². The van der Waals surface area contributed by atoms with E-state index >= 15 is 0 Å². The summed E-state index contributed by atoms with van der Waals surface area (Å²) in [7, 11) is 0. The third kappa shape index (κ3) is 4.55. The molecule has 1 atom stereocenters. The number of ether oxygens (including phenoxy) is 1. The highest BCUT2D eigenvalue weighted by molar-refractivity contribution is 5.72. The van der Waals surface area contributed by atoms with Gasteiger partial charge in [-0.3, -0.25) is 0 Å². The van der Waals surface area contributed by atoms with E-state index in [2.05, 4.69) is 43.6 Å². The maximum Gasteiger partial charge on any atom is 0.265 e. The first kappa shape index (κ1) is 20.5. The number of hydrogen-bond acceptors (Lipinski definition) is 8. The normalized spacial score (nSPS) is 16.0. The topological polar surface area (TPSA) is 94.2 Å². The van der Waals surface area contributed by atoms with Crippen LogP contribution in [0, 0.1) is 6.92 Å². The number of alkyl halides is 2. The second-order valence-electron chi connectivity index (χ2n) is 6.92. The molecule has 0 fully saturated rings. The molecule has 31 heavy (non-hydrogen) atoms. The van der Waals surface area contributed by atoms with Crippen LogP contribution < -0.4 is 9.75 Å². The lowest BCUT2D eigenvalue weighted by Crippen LogP contribution is -2.27. The minimum absolute atomic E-state index is 0.104. The molecule has 3 aromatic heterocycles. The first-order chi connectivity index (χ1) is 15.0. The lowest BCUT2D eigenvalue weighted by molar-refractivity contribution is 0.151. The lowest BCUT2D eigenvalue weighted by atomic mass is 10.2. The number of pyridine rings is 1. The number of rotatable bonds is 6. The van der Waals surface area contributed by atoms with Gasteiger partial charge in [0.25, 0.3) is 6.43 Å². The molecule has 0 spiro atoms. The quantitative estimate of drug-likeness (QED) is 0.596. The summed E-state index contributed by atoms with van der Waals surface area (Å²) in [6.07, 6.45) is 5.05. The van der Waals surface area contributed by atoms with Gasteiger partial charge in [-0.15, -0.1) is 15.3 Å². The molecule has 0 radical (unpaired) electrons. The summed E-state index contributed by atoms with van der Waals surface area (Å²) in [5, 5.41) is 22.6. The Balaban J connectivity index is 1.47. The molecule has 1 aliphatic rings. The fourth-order valence-corrected chi connectivity index (χ4v) is 2.98. The highest BCUT2D eigenvalue weighted by atomic mass is 19.3. The molecule has 0 aromatic carbocycles. The standard InChI is InChI=1S/C20H20F2N8O/c1-13-5-3-4-10-24-29(13)18-8-9-19(27-26-18)31-12-16-14(2)25-28-30(16)17-7-6-15(11-23-17)20(21)22/h3-4,6-11,13,20H,5,12H2,1-2H3. The molecule has 3 aromatic rings. The number of aryl methyl sites for hydroxylation is 1. The average Bonchev–Trinajstić information content (AvgIpc) is 3.01. The minimum Gasteiger partial charge on any atom is -0.470 e. The van der Waals surface area contributed by atoms with Crippen molar-refractivity contribution < 1.29 is 13.5 Å². The number of hydrazone groups is 1.